The molecule has 4 rings (SSSR count). The van der Waals surface area contributed by atoms with Crippen molar-refractivity contribution >= 4 is 23.0 Å². The summed E-state index contributed by atoms with van der Waals surface area (Å²) in [6, 6.07) is 1.77. The molecule has 2 aliphatic rings. The number of ether oxygens (including phenoxy) is 1. The van der Waals surface area contributed by atoms with E-state index in [-0.39, 0.29) is 11.4 Å². The van der Waals surface area contributed by atoms with Crippen molar-refractivity contribution in [1.29, 1.82) is 0 Å². The number of rotatable bonds is 5. The number of fused-ring (bicyclic) bond motifs is 1. The molecule has 2 fully saturated rings. The monoisotopic (exact) mass is 372 g/mol. The maximum Gasteiger partial charge on any atom is 0.252 e. The molecule has 0 spiro atoms. The third-order valence-corrected chi connectivity index (χ3v) is 5.99. The Labute approximate surface area is 159 Å². The van der Waals surface area contributed by atoms with Crippen LogP contribution in [-0.4, -0.2) is 63.7 Å². The number of nitrogen functional groups attached to an aromatic ring is 1. The fourth-order valence-electron chi connectivity index (χ4n) is 4.49. The molecule has 3 N–H and O–H groups in total. The molecule has 146 valence electrons. The van der Waals surface area contributed by atoms with Crippen LogP contribution in [0.1, 0.15) is 43.0 Å². The van der Waals surface area contributed by atoms with Gasteiger partial charge in [-0.1, -0.05) is 12.8 Å². The summed E-state index contributed by atoms with van der Waals surface area (Å²) in [7, 11) is 0. The Hall–Kier alpha value is -2.19. The maximum absolute atomic E-state index is 12.8. The molecule has 1 aliphatic heterocycles. The van der Waals surface area contributed by atoms with Gasteiger partial charge in [0.2, 0.25) is 5.95 Å². The Bertz CT molecular complexity index is 821. The number of aryl methyl sites for hydroxylation is 1. The second kappa shape index (κ2) is 7.44. The first kappa shape index (κ1) is 18.2. The molecular weight excluding hydrogens is 344 g/mol. The minimum absolute atomic E-state index is 0.0607. The highest BCUT2D eigenvalue weighted by Gasteiger charge is 2.40. The van der Waals surface area contributed by atoms with E-state index in [1.54, 1.807) is 12.3 Å². The zero-order chi connectivity index (χ0) is 18.9. The van der Waals surface area contributed by atoms with E-state index in [4.69, 9.17) is 10.5 Å². The van der Waals surface area contributed by atoms with Crippen LogP contribution < -0.4 is 11.1 Å². The Balaban J connectivity index is 1.49. The van der Waals surface area contributed by atoms with Crippen molar-refractivity contribution in [2.75, 3.05) is 38.6 Å². The van der Waals surface area contributed by atoms with Crippen molar-refractivity contribution in [2.45, 2.75) is 44.7 Å². The van der Waals surface area contributed by atoms with Crippen LogP contribution >= 0.6 is 0 Å². The van der Waals surface area contributed by atoms with Crippen molar-refractivity contribution in [3.05, 3.63) is 17.8 Å². The predicted molar refractivity (Wildman–Crippen MR) is 104 cm³/mol. The van der Waals surface area contributed by atoms with E-state index >= 15 is 0 Å². The van der Waals surface area contributed by atoms with E-state index in [9.17, 15) is 4.79 Å². The fourth-order valence-corrected chi connectivity index (χ4v) is 4.49. The number of aromatic nitrogens is 3. The van der Waals surface area contributed by atoms with Gasteiger partial charge in [-0.2, -0.15) is 0 Å². The van der Waals surface area contributed by atoms with Crippen molar-refractivity contribution in [2.24, 2.45) is 0 Å². The highest BCUT2D eigenvalue weighted by atomic mass is 16.5. The summed E-state index contributed by atoms with van der Waals surface area (Å²) in [5, 5.41) is 3.15. The number of pyridine rings is 1. The van der Waals surface area contributed by atoms with E-state index in [1.807, 2.05) is 11.5 Å². The number of hydrogen-bond acceptors (Lipinski definition) is 6. The van der Waals surface area contributed by atoms with Crippen LogP contribution in [0, 0.1) is 0 Å². The number of nitrogens with one attached hydrogen (secondary N) is 1. The van der Waals surface area contributed by atoms with E-state index in [2.05, 4.69) is 20.2 Å². The average Bonchev–Trinajstić information content (AvgIpc) is 3.30. The van der Waals surface area contributed by atoms with Gasteiger partial charge in [-0.3, -0.25) is 14.3 Å². The summed E-state index contributed by atoms with van der Waals surface area (Å²) < 4.78 is 7.34. The number of anilines is 1. The first-order valence-corrected chi connectivity index (χ1v) is 9.86. The smallest absolute Gasteiger partial charge is 0.252 e. The molecule has 2 aromatic rings. The minimum Gasteiger partial charge on any atom is -0.379 e. The molecule has 3 heterocycles. The molecule has 8 heteroatoms. The second-order valence-electron chi connectivity index (χ2n) is 7.49. The zero-order valence-corrected chi connectivity index (χ0v) is 15.9. The number of amides is 1. The summed E-state index contributed by atoms with van der Waals surface area (Å²) in [6.07, 6.45) is 6.30. The number of morpholine rings is 1. The fraction of sp³-hybridized carbons (Fsp3) is 0.632. The van der Waals surface area contributed by atoms with E-state index in [1.165, 1.54) is 12.8 Å². The van der Waals surface area contributed by atoms with Crippen LogP contribution in [0.5, 0.6) is 0 Å². The minimum atomic E-state index is -0.103. The summed E-state index contributed by atoms with van der Waals surface area (Å²) in [6.45, 7) is 6.79. The van der Waals surface area contributed by atoms with Gasteiger partial charge < -0.3 is 15.8 Å². The SMILES string of the molecule is CCn1c(N)nc2cc(C(=O)NCC3(N4CCOCC4)CCCC3)cnc21. The Morgan fingerprint density at radius 1 is 1.33 bits per heavy atom. The normalized spacial score (nSPS) is 20.2. The van der Waals surface area contributed by atoms with Crippen LogP contribution in [0.4, 0.5) is 5.95 Å². The Morgan fingerprint density at radius 3 is 2.78 bits per heavy atom. The molecule has 0 unspecified atom stereocenters. The molecule has 8 nitrogen and oxygen atoms in total. The average molecular weight is 372 g/mol. The van der Waals surface area contributed by atoms with Gasteiger partial charge in [0.05, 0.1) is 18.8 Å². The van der Waals surface area contributed by atoms with Gasteiger partial charge in [-0.05, 0) is 25.8 Å². The summed E-state index contributed by atoms with van der Waals surface area (Å²) in [5.74, 6) is 0.323. The molecule has 0 bridgehead atoms. The highest BCUT2D eigenvalue weighted by molar-refractivity contribution is 5.96. The third-order valence-electron chi connectivity index (χ3n) is 5.99. The van der Waals surface area contributed by atoms with Crippen LogP contribution in [0.25, 0.3) is 11.2 Å². The van der Waals surface area contributed by atoms with Gasteiger partial charge in [-0.25, -0.2) is 9.97 Å². The van der Waals surface area contributed by atoms with Gasteiger partial charge in [-0.15, -0.1) is 0 Å². The van der Waals surface area contributed by atoms with Gasteiger partial charge >= 0.3 is 0 Å². The van der Waals surface area contributed by atoms with Crippen LogP contribution in [-0.2, 0) is 11.3 Å². The summed E-state index contributed by atoms with van der Waals surface area (Å²) >= 11 is 0. The lowest BCUT2D eigenvalue weighted by Gasteiger charge is -2.43. The van der Waals surface area contributed by atoms with Gasteiger partial charge in [0, 0.05) is 37.9 Å². The molecule has 0 radical (unpaired) electrons. The number of carbonyl (C=O) groups excluding carboxylic acids is 1. The lowest BCUT2D eigenvalue weighted by Crippen LogP contribution is -2.57. The van der Waals surface area contributed by atoms with E-state index in [0.29, 0.717) is 35.8 Å². The third kappa shape index (κ3) is 3.39. The summed E-state index contributed by atoms with van der Waals surface area (Å²) in [5.41, 5.74) is 7.89. The largest absolute Gasteiger partial charge is 0.379 e. The molecule has 1 saturated heterocycles. The summed E-state index contributed by atoms with van der Waals surface area (Å²) in [4.78, 5) is 24.0. The van der Waals surface area contributed by atoms with Crippen molar-refractivity contribution in [3.63, 3.8) is 0 Å². The highest BCUT2D eigenvalue weighted by Crippen LogP contribution is 2.35. The van der Waals surface area contributed by atoms with Crippen molar-refractivity contribution in [1.82, 2.24) is 24.8 Å². The predicted octanol–water partition coefficient (Wildman–Crippen LogP) is 1.41. The molecule has 0 aromatic carbocycles. The van der Waals surface area contributed by atoms with E-state index in [0.717, 1.165) is 39.1 Å². The lowest BCUT2D eigenvalue weighted by atomic mass is 9.94. The number of imidazole rings is 1. The van der Waals surface area contributed by atoms with E-state index < -0.39 is 0 Å². The molecule has 1 amide bonds. The molecule has 27 heavy (non-hydrogen) atoms. The maximum atomic E-state index is 12.8. The molecule has 2 aromatic heterocycles. The number of carbonyl (C=O) groups is 1. The molecule has 1 aliphatic carbocycles. The van der Waals surface area contributed by atoms with Gasteiger partial charge in [0.15, 0.2) is 5.65 Å². The Morgan fingerprint density at radius 2 is 2.07 bits per heavy atom. The lowest BCUT2D eigenvalue weighted by molar-refractivity contribution is -0.0199. The number of nitrogens with two attached hydrogens (primary N) is 1. The molecule has 0 atom stereocenters. The van der Waals surface area contributed by atoms with Gasteiger partial charge in [0.1, 0.15) is 5.52 Å². The first-order valence-electron chi connectivity index (χ1n) is 9.86. The standard InChI is InChI=1S/C19H28N6O2/c1-2-25-16-15(23-18(25)20)11-14(12-21-16)17(26)22-13-19(5-3-4-6-19)24-7-9-27-10-8-24/h11-12H,2-10,13H2,1H3,(H2,20,23)(H,22,26). The number of nitrogens with zero attached hydrogens (tertiary/aromatic N) is 4. The second-order valence-corrected chi connectivity index (χ2v) is 7.49. The quantitative estimate of drug-likeness (QED) is 0.823. The van der Waals surface area contributed by atoms with Crippen LogP contribution in [0.3, 0.4) is 0 Å². The van der Waals surface area contributed by atoms with Gasteiger partial charge in [0.25, 0.3) is 5.91 Å². The first-order chi connectivity index (χ1) is 13.1. The van der Waals surface area contributed by atoms with Crippen LogP contribution in [0.2, 0.25) is 0 Å². The molecular formula is C19H28N6O2. The van der Waals surface area contributed by atoms with Crippen molar-refractivity contribution in [3.8, 4) is 0 Å². The Kier molecular flexibility index (Phi) is 5.01. The van der Waals surface area contributed by atoms with Crippen LogP contribution in [0.15, 0.2) is 12.3 Å². The zero-order valence-electron chi connectivity index (χ0n) is 15.9. The topological polar surface area (TPSA) is 98.3 Å². The van der Waals surface area contributed by atoms with Crippen molar-refractivity contribution < 1.29 is 9.53 Å². The molecule has 1 saturated carbocycles. The number of hydrogen-bond donors (Lipinski definition) is 2.